The number of aromatic nitrogens is 10. The largest absolute Gasteiger partial charge is 0.508 e. The van der Waals surface area contributed by atoms with Crippen LogP contribution in [0, 0.1) is 17.2 Å². The first kappa shape index (κ1) is 85.1. The molecule has 3 aromatic heterocycles. The number of aliphatic hydroxyl groups excluding tert-OH is 4. The maximum absolute atomic E-state index is 15.5. The van der Waals surface area contributed by atoms with E-state index >= 15 is 4.39 Å². The number of aromatic hydroxyl groups is 1. The molecule has 5 aromatic rings. The smallest absolute Gasteiger partial charge is 0.246 e. The summed E-state index contributed by atoms with van der Waals surface area (Å²) in [5, 5.41) is 111. The highest BCUT2D eigenvalue weighted by atomic mass is 19.1. The van der Waals surface area contributed by atoms with Gasteiger partial charge in [-0.1, -0.05) is 61.0 Å². The number of nitrogens with zero attached hydrogens (tertiary/aromatic N) is 7. The number of aromatic amines is 3. The number of hydrogen-bond acceptors (Lipinski definition) is 25. The molecular weight excluding hydrogens is 1400 g/mol. The summed E-state index contributed by atoms with van der Waals surface area (Å²) in [6.45, 7) is 8.83. The molecule has 2 aromatic carbocycles. The first-order valence-corrected chi connectivity index (χ1v) is 33.3. The molecular formula is C64H92FN23O18. The van der Waals surface area contributed by atoms with Crippen LogP contribution in [0.3, 0.4) is 0 Å². The number of rotatable bonds is 41. The Morgan fingerprint density at radius 3 is 1.59 bits per heavy atom. The highest BCUT2D eigenvalue weighted by molar-refractivity contribution is 6.06. The lowest BCUT2D eigenvalue weighted by Crippen LogP contribution is -2.67. The van der Waals surface area contributed by atoms with Gasteiger partial charge in [-0.3, -0.25) is 62.3 Å². The fourth-order valence-electron chi connectivity index (χ4n) is 10.2. The summed E-state index contributed by atoms with van der Waals surface area (Å²) in [6.07, 6.45) is -2.17. The molecule has 0 aliphatic rings. The molecule has 41 nitrogen and oxygen atoms in total. The molecule has 0 saturated carbocycles. The van der Waals surface area contributed by atoms with E-state index in [1.54, 1.807) is 20.0 Å². The Morgan fingerprint density at radius 1 is 0.557 bits per heavy atom. The number of imidazole rings is 1. The van der Waals surface area contributed by atoms with Crippen molar-refractivity contribution in [3.63, 3.8) is 0 Å². The Morgan fingerprint density at radius 2 is 1.08 bits per heavy atom. The van der Waals surface area contributed by atoms with Crippen molar-refractivity contribution in [1.82, 2.24) is 120 Å². The molecule has 0 fully saturated rings. The summed E-state index contributed by atoms with van der Waals surface area (Å²) in [5.74, 6) is -15.8. The zero-order valence-corrected chi connectivity index (χ0v) is 59.7. The molecule has 42 heteroatoms. The summed E-state index contributed by atoms with van der Waals surface area (Å²) in [5.41, 5.74) is -4.82. The number of likely N-dealkylation sites (N-methyl/N-ethyl adjacent to an activating group) is 1. The lowest BCUT2D eigenvalue weighted by molar-refractivity contribution is -0.143. The van der Waals surface area contributed by atoms with Crippen LogP contribution in [-0.2, 0) is 94.4 Å². The summed E-state index contributed by atoms with van der Waals surface area (Å²) >= 11 is 0. The normalized spacial score (nSPS) is 15.1. The zero-order valence-electron chi connectivity index (χ0n) is 59.7. The van der Waals surface area contributed by atoms with Crippen molar-refractivity contribution in [3.8, 4) is 5.75 Å². The van der Waals surface area contributed by atoms with Gasteiger partial charge in [-0.2, -0.15) is 10.4 Å². The van der Waals surface area contributed by atoms with Crippen LogP contribution in [0.4, 0.5) is 4.39 Å². The van der Waals surface area contributed by atoms with Crippen molar-refractivity contribution in [3.05, 3.63) is 95.3 Å². The highest BCUT2D eigenvalue weighted by Crippen LogP contribution is 2.21. The predicted octanol–water partition coefficient (Wildman–Crippen LogP) is -7.76. The maximum Gasteiger partial charge on any atom is 0.246 e. The van der Waals surface area contributed by atoms with Crippen LogP contribution < -0.4 is 69.1 Å². The Labute approximate surface area is 605 Å². The number of carbonyl (C=O) groups is 13. The van der Waals surface area contributed by atoms with E-state index in [9.17, 15) is 87.9 Å². The van der Waals surface area contributed by atoms with Crippen molar-refractivity contribution in [2.45, 2.75) is 172 Å². The Hall–Kier alpha value is -11.5. The van der Waals surface area contributed by atoms with Gasteiger partial charge in [-0.05, 0) is 83.7 Å². The molecule has 12 atom stereocenters. The topological polar surface area (TPSA) is 617 Å². The van der Waals surface area contributed by atoms with E-state index in [2.05, 4.69) is 120 Å². The molecule has 0 radical (unpaired) electrons. The van der Waals surface area contributed by atoms with E-state index in [0.717, 1.165) is 26.8 Å². The van der Waals surface area contributed by atoms with Gasteiger partial charge in [0, 0.05) is 57.6 Å². The number of halogens is 1. The monoisotopic (exact) mass is 1490 g/mol. The van der Waals surface area contributed by atoms with Gasteiger partial charge in [0.25, 0.3) is 0 Å². The van der Waals surface area contributed by atoms with Crippen LogP contribution in [0.5, 0.6) is 5.75 Å². The van der Waals surface area contributed by atoms with E-state index in [1.807, 2.05) is 0 Å². The molecule has 0 bridgehead atoms. The minimum Gasteiger partial charge on any atom is -0.508 e. The minimum absolute atomic E-state index is 0.0709. The van der Waals surface area contributed by atoms with Gasteiger partial charge in [0.15, 0.2) is 11.6 Å². The molecule has 0 unspecified atom stereocenters. The quantitative estimate of drug-likeness (QED) is 0.0162. The summed E-state index contributed by atoms with van der Waals surface area (Å²) in [7, 11) is 1.36. The van der Waals surface area contributed by atoms with Crippen LogP contribution >= 0.6 is 0 Å². The van der Waals surface area contributed by atoms with E-state index in [-0.39, 0.29) is 29.5 Å². The second kappa shape index (κ2) is 39.4. The van der Waals surface area contributed by atoms with Crippen LogP contribution in [0.15, 0.2) is 61.1 Å². The van der Waals surface area contributed by atoms with E-state index < -0.39 is 211 Å². The SMILES string of the molecule is CC[C@@H](C)[C@@H](NC(=O)[C@H](CO)NC(=O)[C@H](Cc1ccc(O)cc1)NC(=O)[C@H](Cc1nn[nH]n1)NC(=O)[C@H](CO)NC(=O)[C@@H](NC(=O)[C@](C)(Cc1ccccc1F)NC(=O)[C@@H](NC(=O)CNC(=O)[C@H](Cc1nn[nH]n1)NC(=O)C(C)(C)C(=O)NCCc1cnc[nH]1)[C@@H](C)O)[C@@H](C)O)C(=O)NC(C)(C)C(=O)NC. The van der Waals surface area contributed by atoms with Gasteiger partial charge in [0.05, 0.1) is 38.3 Å². The Balaban J connectivity index is 1.33. The van der Waals surface area contributed by atoms with Crippen LogP contribution in [-0.4, -0.2) is 259 Å². The van der Waals surface area contributed by atoms with Crippen molar-refractivity contribution in [1.29, 1.82) is 0 Å². The number of aliphatic hydroxyl groups is 4. The highest BCUT2D eigenvalue weighted by Gasteiger charge is 2.44. The van der Waals surface area contributed by atoms with Crippen LogP contribution in [0.1, 0.15) is 97.2 Å². The summed E-state index contributed by atoms with van der Waals surface area (Å²) in [4.78, 5) is 187. The third kappa shape index (κ3) is 24.8. The third-order valence-corrected chi connectivity index (χ3v) is 16.8. The van der Waals surface area contributed by atoms with Crippen molar-refractivity contribution < 1.29 is 92.3 Å². The fraction of sp³-hybridized carbons (Fsp3) is 0.531. The second-order valence-corrected chi connectivity index (χ2v) is 26.1. The third-order valence-electron chi connectivity index (χ3n) is 16.8. The second-order valence-electron chi connectivity index (χ2n) is 26.1. The van der Waals surface area contributed by atoms with E-state index in [0.29, 0.717) is 24.1 Å². The van der Waals surface area contributed by atoms with Crippen molar-refractivity contribution >= 4 is 76.8 Å². The maximum atomic E-state index is 15.5. The summed E-state index contributed by atoms with van der Waals surface area (Å²) < 4.78 is 15.5. The number of H-pyrrole nitrogens is 3. The lowest BCUT2D eigenvalue weighted by atomic mass is 9.90. The Kier molecular flexibility index (Phi) is 31.6. The molecule has 0 aliphatic heterocycles. The minimum atomic E-state index is -2.41. The number of amides is 13. The molecule has 5 rings (SSSR count). The van der Waals surface area contributed by atoms with Crippen molar-refractivity contribution in [2.75, 3.05) is 33.4 Å². The average Bonchev–Trinajstić information content (AvgIpc) is 0.855. The van der Waals surface area contributed by atoms with Gasteiger partial charge in [-0.15, -0.1) is 20.4 Å². The van der Waals surface area contributed by atoms with Gasteiger partial charge in [0.1, 0.15) is 76.4 Å². The van der Waals surface area contributed by atoms with Gasteiger partial charge < -0.3 is 99.6 Å². The van der Waals surface area contributed by atoms with Crippen LogP contribution in [0.25, 0.3) is 0 Å². The van der Waals surface area contributed by atoms with Gasteiger partial charge in [0.2, 0.25) is 76.8 Å². The number of hydrogen-bond donors (Lipinski definition) is 21. The zero-order chi connectivity index (χ0) is 78.8. The van der Waals surface area contributed by atoms with Gasteiger partial charge >= 0.3 is 0 Å². The fourth-order valence-corrected chi connectivity index (χ4v) is 10.2. The molecule has 0 saturated heterocycles. The van der Waals surface area contributed by atoms with E-state index in [4.69, 9.17) is 0 Å². The number of phenols is 1. The average molecular weight is 1490 g/mol. The predicted molar refractivity (Wildman–Crippen MR) is 365 cm³/mol. The summed E-state index contributed by atoms with van der Waals surface area (Å²) in [6, 6.07) is -4.08. The molecule has 3 heterocycles. The first-order valence-electron chi connectivity index (χ1n) is 33.3. The number of benzene rings is 2. The van der Waals surface area contributed by atoms with E-state index in [1.165, 1.54) is 83.5 Å². The molecule has 0 aliphatic carbocycles. The Bertz CT molecular complexity index is 3830. The van der Waals surface area contributed by atoms with Crippen molar-refractivity contribution in [2.24, 2.45) is 11.3 Å². The number of nitrogens with one attached hydrogen (secondary N) is 16. The first-order chi connectivity index (χ1) is 50.0. The standard InChI is InChI=1S/C64H92FN23O18/c1-11-31(2)47(56(101)79-63(7,8)60(105)66-10)77-54(99)43(29-90)73-51(96)39(22-34-16-18-37(93)19-17-34)71-52(97)41(24-45-83-87-88-84-45)72-53(98)42(28-89)74-55(100)48(32(3)91)78-61(106)64(9,25-35-14-12-13-15-38(35)65)80-57(102)49(33(4)92)76-46(94)27-69-50(95)40(23-44-81-85-86-82-44)75-59(104)62(5,6)58(103)68-21-20-36-26-67-30-70-36/h12-19,26,30-33,39-43,47-49,89-93H,11,20-25,27-29H2,1-10H3,(H,66,105)(H,67,70)(H,68,103)(H,69,95)(H,71,97)(H,72,98)(H,73,96)(H,74,100)(H,75,104)(H,76,94)(H,77,99)(H,78,106)(H,79,101)(H,80,102)(H,81,82,85,86)(H,83,84,87,88)/t31-,32-,33-,39+,40+,41+,42+,43+,47-,48+,49+,64+/m1/s1. The lowest BCUT2D eigenvalue weighted by Gasteiger charge is -2.34. The number of phenolic OH excluding ortho intramolecular Hbond substituents is 1. The molecule has 578 valence electrons. The molecule has 21 N–H and O–H groups in total. The number of tetrazole rings is 2. The molecule has 0 spiro atoms. The number of carbonyl (C=O) groups excluding carboxylic acids is 13. The molecule has 13 amide bonds. The molecule has 106 heavy (non-hydrogen) atoms. The van der Waals surface area contributed by atoms with Gasteiger partial charge in [-0.25, -0.2) is 9.37 Å². The van der Waals surface area contributed by atoms with Crippen LogP contribution in [0.2, 0.25) is 0 Å².